The van der Waals surface area contributed by atoms with Gasteiger partial charge < -0.3 is 19.7 Å². The van der Waals surface area contributed by atoms with Crippen molar-refractivity contribution in [2.45, 2.75) is 38.7 Å². The summed E-state index contributed by atoms with van der Waals surface area (Å²) in [7, 11) is 3.29. The highest BCUT2D eigenvalue weighted by Crippen LogP contribution is 2.33. The van der Waals surface area contributed by atoms with Gasteiger partial charge in [-0.05, 0) is 38.2 Å². The molecule has 2 aliphatic heterocycles. The molecule has 2 fully saturated rings. The molecule has 0 spiro atoms. The van der Waals surface area contributed by atoms with E-state index in [4.69, 9.17) is 9.47 Å². The van der Waals surface area contributed by atoms with Crippen molar-refractivity contribution in [3.8, 4) is 0 Å². The van der Waals surface area contributed by atoms with Crippen molar-refractivity contribution >= 4 is 35.9 Å². The van der Waals surface area contributed by atoms with Crippen molar-refractivity contribution in [2.75, 3.05) is 40.4 Å². The molecule has 1 N–H and O–H groups in total. The van der Waals surface area contributed by atoms with Crippen molar-refractivity contribution in [2.24, 2.45) is 16.8 Å². The van der Waals surface area contributed by atoms with E-state index in [1.165, 1.54) is 18.2 Å². The van der Waals surface area contributed by atoms with Crippen molar-refractivity contribution in [3.63, 3.8) is 0 Å². The summed E-state index contributed by atoms with van der Waals surface area (Å²) in [5.74, 6) is 1.25. The first kappa shape index (κ1) is 23.9. The number of aryl methyl sites for hydroxylation is 1. The lowest BCUT2D eigenvalue weighted by molar-refractivity contribution is -0.146. The molecule has 1 aromatic rings. The molecule has 0 aliphatic carbocycles. The maximum atomic E-state index is 11.7. The molecule has 0 aromatic heterocycles. The second-order valence-electron chi connectivity index (χ2n) is 7.82. The van der Waals surface area contributed by atoms with E-state index in [2.05, 4.69) is 46.4 Å². The van der Waals surface area contributed by atoms with Gasteiger partial charge in [0, 0.05) is 39.2 Å². The molecule has 0 bridgehead atoms. The molecule has 1 aromatic carbocycles. The third kappa shape index (κ3) is 6.31. The number of nitrogens with zero attached hydrogens (tertiary/aromatic N) is 2. The summed E-state index contributed by atoms with van der Waals surface area (Å²) in [6, 6.07) is 8.68. The van der Waals surface area contributed by atoms with E-state index < -0.39 is 0 Å². The maximum Gasteiger partial charge on any atom is 0.308 e. The number of halogens is 1. The SMILES string of the molecule is CN=C(NCC1CCCOC1c1ccc(C)cc1)N1CCC(C(=O)OC)CC1.I. The van der Waals surface area contributed by atoms with E-state index in [0.29, 0.717) is 5.92 Å². The van der Waals surface area contributed by atoms with Gasteiger partial charge in [-0.1, -0.05) is 29.8 Å². The summed E-state index contributed by atoms with van der Waals surface area (Å²) in [5.41, 5.74) is 2.52. The van der Waals surface area contributed by atoms with Crippen molar-refractivity contribution < 1.29 is 14.3 Å². The van der Waals surface area contributed by atoms with Crippen LogP contribution in [0.1, 0.15) is 42.9 Å². The largest absolute Gasteiger partial charge is 0.469 e. The molecular formula is C22H34IN3O3. The molecular weight excluding hydrogens is 481 g/mol. The average Bonchev–Trinajstić information content (AvgIpc) is 2.75. The predicted octanol–water partition coefficient (Wildman–Crippen LogP) is 3.54. The second-order valence-corrected chi connectivity index (χ2v) is 7.82. The quantitative estimate of drug-likeness (QED) is 0.288. The first-order valence-electron chi connectivity index (χ1n) is 10.3. The number of methoxy groups -OCH3 is 1. The number of piperidine rings is 1. The van der Waals surface area contributed by atoms with E-state index in [1.54, 1.807) is 0 Å². The number of likely N-dealkylation sites (tertiary alicyclic amines) is 1. The first-order valence-corrected chi connectivity index (χ1v) is 10.3. The van der Waals surface area contributed by atoms with Gasteiger partial charge in [0.2, 0.25) is 0 Å². The average molecular weight is 515 g/mol. The van der Waals surface area contributed by atoms with Crippen LogP contribution in [0.4, 0.5) is 0 Å². The minimum atomic E-state index is -0.0945. The molecule has 0 amide bonds. The fourth-order valence-electron chi connectivity index (χ4n) is 4.23. The third-order valence-electron chi connectivity index (χ3n) is 5.91. The minimum Gasteiger partial charge on any atom is -0.469 e. The number of hydrogen-bond donors (Lipinski definition) is 1. The van der Waals surface area contributed by atoms with Crippen LogP contribution in [0.2, 0.25) is 0 Å². The van der Waals surface area contributed by atoms with Gasteiger partial charge in [0.25, 0.3) is 0 Å². The second kappa shape index (κ2) is 11.7. The Kier molecular flexibility index (Phi) is 9.68. The van der Waals surface area contributed by atoms with Gasteiger partial charge in [-0.15, -0.1) is 24.0 Å². The van der Waals surface area contributed by atoms with Crippen LogP contribution < -0.4 is 5.32 Å². The lowest BCUT2D eigenvalue weighted by atomic mass is 9.89. The Bertz CT molecular complexity index is 672. The molecule has 7 heteroatoms. The monoisotopic (exact) mass is 515 g/mol. The molecule has 2 heterocycles. The summed E-state index contributed by atoms with van der Waals surface area (Å²) in [6.45, 7) is 5.41. The molecule has 0 radical (unpaired) electrons. The van der Waals surface area contributed by atoms with E-state index >= 15 is 0 Å². The van der Waals surface area contributed by atoms with E-state index in [9.17, 15) is 4.79 Å². The van der Waals surface area contributed by atoms with Crippen LogP contribution >= 0.6 is 24.0 Å². The van der Waals surface area contributed by atoms with Gasteiger partial charge >= 0.3 is 5.97 Å². The molecule has 29 heavy (non-hydrogen) atoms. The predicted molar refractivity (Wildman–Crippen MR) is 126 cm³/mol. The molecule has 3 rings (SSSR count). The number of esters is 1. The minimum absolute atomic E-state index is 0. The standard InChI is InChI=1S/C22H33N3O3.HI/c1-16-6-8-17(9-7-16)20-19(5-4-14-28-20)15-24-22(23-2)25-12-10-18(11-13-25)21(26)27-3;/h6-9,18-20H,4-5,10-15H2,1-3H3,(H,23,24);1H. The number of carbonyl (C=O) groups is 1. The first-order chi connectivity index (χ1) is 13.6. The zero-order valence-corrected chi connectivity index (χ0v) is 20.1. The Hall–Kier alpha value is -1.35. The number of aliphatic imine (C=N–C) groups is 1. The number of benzene rings is 1. The molecule has 0 saturated carbocycles. The van der Waals surface area contributed by atoms with Crippen LogP contribution in [-0.4, -0.2) is 57.2 Å². The highest BCUT2D eigenvalue weighted by atomic mass is 127. The van der Waals surface area contributed by atoms with Crippen LogP contribution in [-0.2, 0) is 14.3 Å². The number of carbonyl (C=O) groups excluding carboxylic acids is 1. The molecule has 162 valence electrons. The van der Waals surface area contributed by atoms with Crippen LogP contribution in [0.15, 0.2) is 29.3 Å². The van der Waals surface area contributed by atoms with Crippen LogP contribution in [0.5, 0.6) is 0 Å². The molecule has 2 saturated heterocycles. The Morgan fingerprint density at radius 2 is 1.93 bits per heavy atom. The summed E-state index contributed by atoms with van der Waals surface area (Å²) in [4.78, 5) is 18.4. The summed E-state index contributed by atoms with van der Waals surface area (Å²) in [6.07, 6.45) is 3.99. The molecule has 2 aliphatic rings. The summed E-state index contributed by atoms with van der Waals surface area (Å²) >= 11 is 0. The van der Waals surface area contributed by atoms with Crippen molar-refractivity contribution in [1.82, 2.24) is 10.2 Å². The molecule has 2 unspecified atom stereocenters. The van der Waals surface area contributed by atoms with E-state index in [0.717, 1.165) is 57.9 Å². The summed E-state index contributed by atoms with van der Waals surface area (Å²) in [5, 5.41) is 3.56. The Morgan fingerprint density at radius 1 is 1.24 bits per heavy atom. The van der Waals surface area contributed by atoms with E-state index in [-0.39, 0.29) is 42.0 Å². The number of rotatable bonds is 4. The van der Waals surface area contributed by atoms with Gasteiger partial charge in [-0.25, -0.2) is 0 Å². The van der Waals surface area contributed by atoms with Gasteiger partial charge in [0.05, 0.1) is 19.1 Å². The van der Waals surface area contributed by atoms with Gasteiger partial charge in [0.1, 0.15) is 0 Å². The van der Waals surface area contributed by atoms with Crippen LogP contribution in [0.25, 0.3) is 0 Å². The van der Waals surface area contributed by atoms with Crippen molar-refractivity contribution in [1.29, 1.82) is 0 Å². The zero-order valence-electron chi connectivity index (χ0n) is 17.7. The van der Waals surface area contributed by atoms with Gasteiger partial charge in [-0.3, -0.25) is 9.79 Å². The van der Waals surface area contributed by atoms with Crippen LogP contribution in [0.3, 0.4) is 0 Å². The smallest absolute Gasteiger partial charge is 0.308 e. The highest BCUT2D eigenvalue weighted by molar-refractivity contribution is 14.0. The molecule has 6 nitrogen and oxygen atoms in total. The Morgan fingerprint density at radius 3 is 2.55 bits per heavy atom. The van der Waals surface area contributed by atoms with Crippen LogP contribution in [0, 0.1) is 18.8 Å². The van der Waals surface area contributed by atoms with Gasteiger partial charge in [0.15, 0.2) is 5.96 Å². The van der Waals surface area contributed by atoms with Crippen molar-refractivity contribution in [3.05, 3.63) is 35.4 Å². The Balaban J connectivity index is 0.00000300. The highest BCUT2D eigenvalue weighted by Gasteiger charge is 2.30. The lowest BCUT2D eigenvalue weighted by Gasteiger charge is -2.36. The number of guanidine groups is 1. The molecule has 2 atom stereocenters. The van der Waals surface area contributed by atoms with E-state index in [1.807, 2.05) is 7.05 Å². The normalized spacial score (nSPS) is 23.3. The zero-order chi connectivity index (χ0) is 19.9. The summed E-state index contributed by atoms with van der Waals surface area (Å²) < 4.78 is 11.0. The topological polar surface area (TPSA) is 63.2 Å². The Labute approximate surface area is 191 Å². The fourth-order valence-corrected chi connectivity index (χ4v) is 4.23. The number of hydrogen-bond acceptors (Lipinski definition) is 4. The van der Waals surface area contributed by atoms with Gasteiger partial charge in [-0.2, -0.15) is 0 Å². The number of nitrogens with one attached hydrogen (secondary N) is 1. The fraction of sp³-hybridized carbons (Fsp3) is 0.636. The lowest BCUT2D eigenvalue weighted by Crippen LogP contribution is -2.48. The number of ether oxygens (including phenoxy) is 2. The third-order valence-corrected chi connectivity index (χ3v) is 5.91. The maximum absolute atomic E-state index is 11.7.